The monoisotopic (exact) mass is 256 g/mol. The molecule has 1 heterocycles. The van der Waals surface area contributed by atoms with E-state index < -0.39 is 0 Å². The van der Waals surface area contributed by atoms with Crippen LogP contribution in [-0.2, 0) is 9.47 Å². The highest BCUT2D eigenvalue weighted by Crippen LogP contribution is 2.25. The molecule has 0 amide bonds. The molecule has 0 unspecified atom stereocenters. The lowest BCUT2D eigenvalue weighted by molar-refractivity contribution is -0.0570. The SMILES string of the molecule is C[C@H](c1ccc(Br)cc1)C1OCCO1. The Kier molecular flexibility index (Phi) is 3.21. The van der Waals surface area contributed by atoms with Crippen LogP contribution in [0, 0.1) is 0 Å². The van der Waals surface area contributed by atoms with Crippen molar-refractivity contribution in [2.45, 2.75) is 19.1 Å². The second kappa shape index (κ2) is 4.43. The Bertz CT molecular complexity index is 291. The average Bonchev–Trinajstić information content (AvgIpc) is 2.71. The molecule has 1 aromatic carbocycles. The van der Waals surface area contributed by atoms with E-state index in [1.807, 2.05) is 12.1 Å². The number of ether oxygens (including phenoxy) is 2. The molecular formula is C11H13BrO2. The van der Waals surface area contributed by atoms with Gasteiger partial charge in [-0.25, -0.2) is 0 Å². The summed E-state index contributed by atoms with van der Waals surface area (Å²) in [6, 6.07) is 8.28. The Morgan fingerprint density at radius 2 is 1.79 bits per heavy atom. The van der Waals surface area contributed by atoms with Crippen LogP contribution in [0.2, 0.25) is 0 Å². The van der Waals surface area contributed by atoms with Gasteiger partial charge >= 0.3 is 0 Å². The standard InChI is InChI=1S/C11H13BrO2/c1-8(11-13-6-7-14-11)9-2-4-10(12)5-3-9/h2-5,8,11H,6-7H2,1H3/t8-/m1/s1. The van der Waals surface area contributed by atoms with Crippen LogP contribution in [0.4, 0.5) is 0 Å². The van der Waals surface area contributed by atoms with Crippen molar-refractivity contribution >= 4 is 15.9 Å². The largest absolute Gasteiger partial charge is 0.350 e. The summed E-state index contributed by atoms with van der Waals surface area (Å²) in [7, 11) is 0. The van der Waals surface area contributed by atoms with Gasteiger partial charge in [0.2, 0.25) is 0 Å². The predicted octanol–water partition coefficient (Wildman–Crippen LogP) is 2.93. The Morgan fingerprint density at radius 1 is 1.21 bits per heavy atom. The van der Waals surface area contributed by atoms with Gasteiger partial charge in [-0.15, -0.1) is 0 Å². The summed E-state index contributed by atoms with van der Waals surface area (Å²) in [6.07, 6.45) is -0.0730. The van der Waals surface area contributed by atoms with E-state index in [4.69, 9.17) is 9.47 Å². The van der Waals surface area contributed by atoms with E-state index in [1.165, 1.54) is 5.56 Å². The number of benzene rings is 1. The quantitative estimate of drug-likeness (QED) is 0.811. The van der Waals surface area contributed by atoms with Crippen LogP contribution in [0.15, 0.2) is 28.7 Å². The summed E-state index contributed by atoms with van der Waals surface area (Å²) in [5.41, 5.74) is 1.25. The summed E-state index contributed by atoms with van der Waals surface area (Å²) >= 11 is 3.42. The third kappa shape index (κ3) is 2.16. The lowest BCUT2D eigenvalue weighted by Gasteiger charge is -2.17. The summed E-state index contributed by atoms with van der Waals surface area (Å²) in [5, 5.41) is 0. The lowest BCUT2D eigenvalue weighted by atomic mass is 10.0. The van der Waals surface area contributed by atoms with Crippen LogP contribution in [0.1, 0.15) is 18.4 Å². The number of halogens is 1. The van der Waals surface area contributed by atoms with E-state index in [-0.39, 0.29) is 6.29 Å². The van der Waals surface area contributed by atoms with Crippen LogP contribution >= 0.6 is 15.9 Å². The molecule has 1 saturated heterocycles. The summed E-state index contributed by atoms with van der Waals surface area (Å²) < 4.78 is 12.0. The molecule has 1 fully saturated rings. The zero-order chi connectivity index (χ0) is 9.97. The minimum Gasteiger partial charge on any atom is -0.350 e. The molecule has 1 atom stereocenters. The van der Waals surface area contributed by atoms with E-state index in [0.29, 0.717) is 19.1 Å². The van der Waals surface area contributed by atoms with Gasteiger partial charge in [0.25, 0.3) is 0 Å². The second-order valence-electron chi connectivity index (χ2n) is 3.45. The Balaban J connectivity index is 2.09. The molecule has 1 aliphatic rings. The van der Waals surface area contributed by atoms with Gasteiger partial charge in [-0.2, -0.15) is 0 Å². The second-order valence-corrected chi connectivity index (χ2v) is 4.37. The first-order valence-corrected chi connectivity index (χ1v) is 5.55. The minimum absolute atomic E-state index is 0.0730. The normalized spacial score (nSPS) is 19.9. The van der Waals surface area contributed by atoms with Gasteiger partial charge in [-0.05, 0) is 17.7 Å². The van der Waals surface area contributed by atoms with E-state index in [1.54, 1.807) is 0 Å². The van der Waals surface area contributed by atoms with Gasteiger partial charge in [0.15, 0.2) is 6.29 Å². The molecule has 0 spiro atoms. The zero-order valence-electron chi connectivity index (χ0n) is 8.07. The van der Waals surface area contributed by atoms with Crippen LogP contribution < -0.4 is 0 Å². The van der Waals surface area contributed by atoms with E-state index in [0.717, 1.165) is 4.47 Å². The van der Waals surface area contributed by atoms with Crippen LogP contribution in [0.3, 0.4) is 0 Å². The van der Waals surface area contributed by atoms with Crippen LogP contribution in [0.5, 0.6) is 0 Å². The molecule has 1 aromatic rings. The molecule has 0 aliphatic carbocycles. The molecule has 2 nitrogen and oxygen atoms in total. The van der Waals surface area contributed by atoms with E-state index >= 15 is 0 Å². The Morgan fingerprint density at radius 3 is 2.36 bits per heavy atom. The Hall–Kier alpha value is -0.380. The molecule has 14 heavy (non-hydrogen) atoms. The zero-order valence-corrected chi connectivity index (χ0v) is 9.66. The first-order chi connectivity index (χ1) is 6.77. The smallest absolute Gasteiger partial charge is 0.164 e. The minimum atomic E-state index is -0.0730. The molecule has 1 aliphatic heterocycles. The van der Waals surface area contributed by atoms with Gasteiger partial charge in [-0.3, -0.25) is 0 Å². The maximum atomic E-state index is 5.47. The van der Waals surface area contributed by atoms with Crippen molar-refractivity contribution < 1.29 is 9.47 Å². The third-order valence-electron chi connectivity index (χ3n) is 2.45. The summed E-state index contributed by atoms with van der Waals surface area (Å²) in [5.74, 6) is 0.297. The van der Waals surface area contributed by atoms with Gasteiger partial charge in [0, 0.05) is 10.4 Å². The molecule has 0 radical (unpaired) electrons. The maximum Gasteiger partial charge on any atom is 0.164 e. The fourth-order valence-electron chi connectivity index (χ4n) is 1.59. The number of rotatable bonds is 2. The van der Waals surface area contributed by atoms with Crippen molar-refractivity contribution in [1.82, 2.24) is 0 Å². The van der Waals surface area contributed by atoms with Gasteiger partial charge < -0.3 is 9.47 Å². The molecule has 0 N–H and O–H groups in total. The van der Waals surface area contributed by atoms with E-state index in [2.05, 4.69) is 35.0 Å². The molecule has 0 bridgehead atoms. The van der Waals surface area contributed by atoms with Crippen molar-refractivity contribution in [2.24, 2.45) is 0 Å². The fraction of sp³-hybridized carbons (Fsp3) is 0.455. The molecule has 0 aromatic heterocycles. The van der Waals surface area contributed by atoms with Crippen LogP contribution in [0.25, 0.3) is 0 Å². The van der Waals surface area contributed by atoms with Crippen molar-refractivity contribution in [2.75, 3.05) is 13.2 Å². The predicted molar refractivity (Wildman–Crippen MR) is 58.2 cm³/mol. The summed E-state index contributed by atoms with van der Waals surface area (Å²) in [6.45, 7) is 3.55. The van der Waals surface area contributed by atoms with Crippen molar-refractivity contribution in [3.8, 4) is 0 Å². The van der Waals surface area contributed by atoms with Gasteiger partial charge in [0.05, 0.1) is 13.2 Å². The average molecular weight is 257 g/mol. The van der Waals surface area contributed by atoms with Gasteiger partial charge in [0.1, 0.15) is 0 Å². The highest BCUT2D eigenvalue weighted by Gasteiger charge is 2.24. The summed E-state index contributed by atoms with van der Waals surface area (Å²) in [4.78, 5) is 0. The van der Waals surface area contributed by atoms with E-state index in [9.17, 15) is 0 Å². The highest BCUT2D eigenvalue weighted by atomic mass is 79.9. The van der Waals surface area contributed by atoms with Crippen molar-refractivity contribution in [3.05, 3.63) is 34.3 Å². The molecule has 3 heteroatoms. The third-order valence-corrected chi connectivity index (χ3v) is 2.98. The number of hydrogen-bond acceptors (Lipinski definition) is 2. The van der Waals surface area contributed by atoms with Gasteiger partial charge in [-0.1, -0.05) is 35.0 Å². The fourth-order valence-corrected chi connectivity index (χ4v) is 1.85. The first-order valence-electron chi connectivity index (χ1n) is 4.76. The van der Waals surface area contributed by atoms with Crippen molar-refractivity contribution in [1.29, 1.82) is 0 Å². The molecule has 2 rings (SSSR count). The Labute approximate surface area is 92.3 Å². The molecular weight excluding hydrogens is 244 g/mol. The lowest BCUT2D eigenvalue weighted by Crippen LogP contribution is -2.16. The topological polar surface area (TPSA) is 18.5 Å². The maximum absolute atomic E-state index is 5.47. The molecule has 76 valence electrons. The van der Waals surface area contributed by atoms with Crippen LogP contribution in [-0.4, -0.2) is 19.5 Å². The van der Waals surface area contributed by atoms with Crippen molar-refractivity contribution in [3.63, 3.8) is 0 Å². The molecule has 0 saturated carbocycles. The number of hydrogen-bond donors (Lipinski definition) is 0. The highest BCUT2D eigenvalue weighted by molar-refractivity contribution is 9.10. The first kappa shape index (κ1) is 10.1.